The third-order valence-corrected chi connectivity index (χ3v) is 4.80. The Morgan fingerprint density at radius 1 is 0.944 bits per heavy atom. The van der Waals surface area contributed by atoms with Gasteiger partial charge in [0, 0.05) is 5.41 Å². The van der Waals surface area contributed by atoms with Gasteiger partial charge in [-0.3, -0.25) is 0 Å². The van der Waals surface area contributed by atoms with E-state index < -0.39 is 0 Å². The first-order valence-corrected chi connectivity index (χ1v) is 7.11. The molecule has 1 aromatic rings. The highest BCUT2D eigenvalue weighted by Crippen LogP contribution is 2.54. The number of hydrogen-bond acceptors (Lipinski definition) is 0. The molecule has 1 spiro atoms. The van der Waals surface area contributed by atoms with E-state index in [1.54, 1.807) is 5.57 Å². The van der Waals surface area contributed by atoms with Gasteiger partial charge in [0.1, 0.15) is 0 Å². The monoisotopic (exact) mass is 234 g/mol. The summed E-state index contributed by atoms with van der Waals surface area (Å²) in [5.41, 5.74) is 6.26. The molecule has 3 aliphatic rings. The molecule has 0 atom stereocenters. The van der Waals surface area contributed by atoms with Crippen LogP contribution < -0.4 is 0 Å². The van der Waals surface area contributed by atoms with Gasteiger partial charge >= 0.3 is 0 Å². The molecule has 3 aliphatic carbocycles. The van der Waals surface area contributed by atoms with E-state index in [1.165, 1.54) is 48.8 Å². The van der Waals surface area contributed by atoms with Crippen LogP contribution in [0, 0.1) is 5.41 Å². The topological polar surface area (TPSA) is 0 Å². The molecule has 0 radical (unpaired) electrons. The molecule has 0 aliphatic heterocycles. The Labute approximate surface area is 109 Å². The fraction of sp³-hybridized carbons (Fsp3) is 0.333. The predicted molar refractivity (Wildman–Crippen MR) is 77.1 cm³/mol. The first-order chi connectivity index (χ1) is 8.89. The van der Waals surface area contributed by atoms with Gasteiger partial charge < -0.3 is 0 Å². The fourth-order valence-electron chi connectivity index (χ4n) is 3.87. The maximum absolute atomic E-state index is 2.47. The molecule has 0 unspecified atom stereocenters. The van der Waals surface area contributed by atoms with Crippen molar-refractivity contribution >= 4 is 11.6 Å². The van der Waals surface area contributed by atoms with Crippen LogP contribution in [-0.4, -0.2) is 0 Å². The molecule has 18 heavy (non-hydrogen) atoms. The molecule has 0 N–H and O–H groups in total. The Morgan fingerprint density at radius 2 is 1.78 bits per heavy atom. The van der Waals surface area contributed by atoms with Crippen molar-refractivity contribution in [1.29, 1.82) is 0 Å². The van der Waals surface area contributed by atoms with Gasteiger partial charge in [0.25, 0.3) is 0 Å². The van der Waals surface area contributed by atoms with Crippen LogP contribution in [0.1, 0.15) is 43.2 Å². The first kappa shape index (κ1) is 10.4. The van der Waals surface area contributed by atoms with E-state index in [9.17, 15) is 0 Å². The molecule has 0 heteroatoms. The maximum atomic E-state index is 2.47. The van der Waals surface area contributed by atoms with Crippen LogP contribution in [0.15, 0.2) is 48.1 Å². The Hall–Kier alpha value is -1.56. The highest BCUT2D eigenvalue weighted by molar-refractivity contribution is 5.97. The van der Waals surface area contributed by atoms with Crippen LogP contribution in [0.4, 0.5) is 0 Å². The molecule has 4 rings (SSSR count). The number of benzene rings is 1. The summed E-state index contributed by atoms with van der Waals surface area (Å²) in [5, 5.41) is 0. The number of hydrogen-bond donors (Lipinski definition) is 0. The number of fused-ring (bicyclic) bond motifs is 4. The van der Waals surface area contributed by atoms with Crippen molar-refractivity contribution in [2.45, 2.75) is 32.1 Å². The van der Waals surface area contributed by atoms with Gasteiger partial charge in [0.15, 0.2) is 0 Å². The van der Waals surface area contributed by atoms with Gasteiger partial charge in [-0.05, 0) is 41.2 Å². The summed E-state index contributed by atoms with van der Waals surface area (Å²) in [6.07, 6.45) is 16.3. The molecule has 0 amide bonds. The van der Waals surface area contributed by atoms with Crippen molar-refractivity contribution in [2.75, 3.05) is 0 Å². The van der Waals surface area contributed by atoms with E-state index in [0.717, 1.165) is 0 Å². The number of allylic oxidation sites excluding steroid dienone is 5. The molecule has 1 aromatic carbocycles. The normalized spacial score (nSPS) is 23.3. The zero-order chi connectivity index (χ0) is 12.0. The summed E-state index contributed by atoms with van der Waals surface area (Å²) in [7, 11) is 0. The Balaban J connectivity index is 1.86. The zero-order valence-electron chi connectivity index (χ0n) is 10.7. The minimum Gasteiger partial charge on any atom is -0.0739 e. The van der Waals surface area contributed by atoms with Gasteiger partial charge in [-0.15, -0.1) is 0 Å². The minimum absolute atomic E-state index is 0.349. The molecule has 0 heterocycles. The Morgan fingerprint density at radius 3 is 2.67 bits per heavy atom. The van der Waals surface area contributed by atoms with E-state index >= 15 is 0 Å². The average molecular weight is 234 g/mol. The molecule has 90 valence electrons. The van der Waals surface area contributed by atoms with Crippen LogP contribution in [0.3, 0.4) is 0 Å². The van der Waals surface area contributed by atoms with Gasteiger partial charge in [-0.2, -0.15) is 0 Å². The third-order valence-electron chi connectivity index (χ3n) is 4.80. The fourth-order valence-corrected chi connectivity index (χ4v) is 3.87. The molecule has 1 fully saturated rings. The summed E-state index contributed by atoms with van der Waals surface area (Å²) in [5.74, 6) is 0. The van der Waals surface area contributed by atoms with Gasteiger partial charge in [0.05, 0.1) is 0 Å². The van der Waals surface area contributed by atoms with Crippen LogP contribution in [0.5, 0.6) is 0 Å². The van der Waals surface area contributed by atoms with Crippen LogP contribution in [0.25, 0.3) is 11.6 Å². The average Bonchev–Trinajstić information content (AvgIpc) is 2.81. The quantitative estimate of drug-likeness (QED) is 0.593. The highest BCUT2D eigenvalue weighted by atomic mass is 14.4. The van der Waals surface area contributed by atoms with Crippen molar-refractivity contribution in [2.24, 2.45) is 5.41 Å². The second-order valence-electron chi connectivity index (χ2n) is 5.80. The molecule has 1 saturated carbocycles. The van der Waals surface area contributed by atoms with Crippen LogP contribution >= 0.6 is 0 Å². The van der Waals surface area contributed by atoms with Crippen molar-refractivity contribution in [3.8, 4) is 0 Å². The molecule has 0 nitrogen and oxygen atoms in total. The lowest BCUT2D eigenvalue weighted by Crippen LogP contribution is -2.25. The summed E-state index contributed by atoms with van der Waals surface area (Å²) in [4.78, 5) is 0. The first-order valence-electron chi connectivity index (χ1n) is 7.11. The van der Waals surface area contributed by atoms with Crippen LogP contribution in [0.2, 0.25) is 0 Å². The molecular formula is C18H18. The lowest BCUT2D eigenvalue weighted by atomic mass is 9.65. The van der Waals surface area contributed by atoms with E-state index in [-0.39, 0.29) is 0 Å². The summed E-state index contributed by atoms with van der Waals surface area (Å²) in [6.45, 7) is 0. The van der Waals surface area contributed by atoms with Crippen molar-refractivity contribution < 1.29 is 0 Å². The Bertz CT molecular complexity index is 578. The zero-order valence-corrected chi connectivity index (χ0v) is 10.7. The maximum Gasteiger partial charge on any atom is 0.0141 e. The summed E-state index contributed by atoms with van der Waals surface area (Å²) >= 11 is 0. The molecule has 0 aromatic heterocycles. The highest BCUT2D eigenvalue weighted by Gasteiger charge is 2.38. The molecular weight excluding hydrogens is 216 g/mol. The van der Waals surface area contributed by atoms with Gasteiger partial charge in [0.2, 0.25) is 0 Å². The van der Waals surface area contributed by atoms with Gasteiger partial charge in [-0.25, -0.2) is 0 Å². The molecule has 0 saturated heterocycles. The SMILES string of the molecule is C1=CC2(CCCCC2)C2=Cc3ccccc3C2=C1. The predicted octanol–water partition coefficient (Wildman–Crippen LogP) is 4.99. The second kappa shape index (κ2) is 3.71. The number of rotatable bonds is 0. The van der Waals surface area contributed by atoms with Gasteiger partial charge in [-0.1, -0.05) is 61.8 Å². The minimum atomic E-state index is 0.349. The summed E-state index contributed by atoms with van der Waals surface area (Å²) in [6, 6.07) is 8.81. The van der Waals surface area contributed by atoms with Crippen molar-refractivity contribution in [3.63, 3.8) is 0 Å². The third kappa shape index (κ3) is 1.32. The second-order valence-corrected chi connectivity index (χ2v) is 5.80. The van der Waals surface area contributed by atoms with E-state index in [4.69, 9.17) is 0 Å². The van der Waals surface area contributed by atoms with Crippen LogP contribution in [-0.2, 0) is 0 Å². The largest absolute Gasteiger partial charge is 0.0739 e. The summed E-state index contributed by atoms with van der Waals surface area (Å²) < 4.78 is 0. The van der Waals surface area contributed by atoms with E-state index in [2.05, 4.69) is 48.6 Å². The molecule has 0 bridgehead atoms. The van der Waals surface area contributed by atoms with Crippen molar-refractivity contribution in [3.05, 3.63) is 59.2 Å². The van der Waals surface area contributed by atoms with E-state index in [0.29, 0.717) is 5.41 Å². The van der Waals surface area contributed by atoms with Crippen molar-refractivity contribution in [1.82, 2.24) is 0 Å². The van der Waals surface area contributed by atoms with E-state index in [1.807, 2.05) is 0 Å². The standard InChI is InChI=1S/C18H18/c1-4-10-18(11-5-1)12-6-9-16-15-8-3-2-7-14(15)13-17(16)18/h2-3,6-9,12-13H,1,4-5,10-11H2. The smallest absolute Gasteiger partial charge is 0.0141 e. The Kier molecular flexibility index (Phi) is 2.14. The lowest BCUT2D eigenvalue weighted by Gasteiger charge is -2.38. The lowest BCUT2D eigenvalue weighted by molar-refractivity contribution is 0.316.